The molecule has 0 heterocycles. The summed E-state index contributed by atoms with van der Waals surface area (Å²) in [6.45, 7) is 33.7. The van der Waals surface area contributed by atoms with E-state index in [0.717, 1.165) is 0 Å². The minimum absolute atomic E-state index is 0.394. The third-order valence-electron chi connectivity index (χ3n) is 4.46. The first-order chi connectivity index (χ1) is 11.6. The summed E-state index contributed by atoms with van der Waals surface area (Å²) in [5, 5.41) is 1.98. The SMILES string of the molecule is CC(C)(C)[PH+](C[PH+](C(C)(C)C)C(C)(C)C)C(C)(C)C.CC(C)=C[CH]=[Ru]([Cl])[Cl]. The van der Waals surface area contributed by atoms with Crippen molar-refractivity contribution in [3.8, 4) is 0 Å². The molecule has 0 aliphatic carbocycles. The van der Waals surface area contributed by atoms with Crippen LogP contribution in [0.25, 0.3) is 0 Å². The average Bonchev–Trinajstić information content (AvgIpc) is 2.30. The zero-order valence-electron chi connectivity index (χ0n) is 20.5. The maximum absolute atomic E-state index is 5.53. The molecule has 0 aromatic heterocycles. The van der Waals surface area contributed by atoms with Crippen LogP contribution in [0.15, 0.2) is 11.6 Å². The van der Waals surface area contributed by atoms with Crippen LogP contribution in [0.1, 0.15) is 96.9 Å². The zero-order valence-corrected chi connectivity index (χ0v) is 25.7. The Morgan fingerprint density at radius 2 is 0.926 bits per heavy atom. The van der Waals surface area contributed by atoms with Crippen LogP contribution in [0.5, 0.6) is 0 Å². The quantitative estimate of drug-likeness (QED) is 0.245. The van der Waals surface area contributed by atoms with Gasteiger partial charge < -0.3 is 0 Å². The molecule has 0 saturated carbocycles. The second-order valence-corrected chi connectivity index (χ2v) is 26.8. The Hall–Kier alpha value is 1.67. The first-order valence-electron chi connectivity index (χ1n) is 9.80. The molecule has 0 bridgehead atoms. The van der Waals surface area contributed by atoms with E-state index in [0.29, 0.717) is 20.6 Å². The number of hydrogen-bond donors (Lipinski definition) is 0. The predicted molar refractivity (Wildman–Crippen MR) is 138 cm³/mol. The number of rotatable bonds is 3. The van der Waals surface area contributed by atoms with Gasteiger partial charge in [0.25, 0.3) is 0 Å². The maximum atomic E-state index is 5.53. The number of hydrogen-bond acceptors (Lipinski definition) is 0. The fourth-order valence-electron chi connectivity index (χ4n) is 3.65. The zero-order chi connectivity index (χ0) is 22.4. The van der Waals surface area contributed by atoms with Crippen LogP contribution >= 0.6 is 35.2 Å². The normalized spacial score (nSPS) is 13.9. The van der Waals surface area contributed by atoms with Crippen molar-refractivity contribution in [2.75, 3.05) is 5.90 Å². The number of allylic oxidation sites excluding steroid dienone is 2. The Morgan fingerprint density at radius 1 is 0.667 bits per heavy atom. The van der Waals surface area contributed by atoms with Gasteiger partial charge in [0.05, 0.1) is 20.6 Å². The molecule has 5 heteroatoms. The fraction of sp³-hybridized carbons (Fsp3) is 0.864. The summed E-state index contributed by atoms with van der Waals surface area (Å²) >= 11 is -1.52. The summed E-state index contributed by atoms with van der Waals surface area (Å²) in [7, 11) is 10.3. The van der Waals surface area contributed by atoms with E-state index in [1.165, 1.54) is 11.5 Å². The van der Waals surface area contributed by atoms with Crippen molar-refractivity contribution in [2.24, 2.45) is 0 Å². The first-order valence-corrected chi connectivity index (χ1v) is 18.7. The minimum atomic E-state index is -1.52. The van der Waals surface area contributed by atoms with Crippen LogP contribution in [0.4, 0.5) is 0 Å². The molecule has 0 unspecified atom stereocenters. The Kier molecular flexibility index (Phi) is 13.6. The molecule has 0 atom stereocenters. The molecule has 0 aromatic rings. The van der Waals surface area contributed by atoms with Crippen molar-refractivity contribution in [3.63, 3.8) is 0 Å². The van der Waals surface area contributed by atoms with Gasteiger partial charge >= 0.3 is 63.0 Å². The molecule has 27 heavy (non-hydrogen) atoms. The number of halogens is 2. The van der Waals surface area contributed by atoms with Crippen molar-refractivity contribution in [1.29, 1.82) is 0 Å². The van der Waals surface area contributed by atoms with Gasteiger partial charge in [-0.2, -0.15) is 0 Å². The van der Waals surface area contributed by atoms with Crippen LogP contribution in [-0.4, -0.2) is 31.1 Å². The molecule has 0 aliphatic heterocycles. The molecule has 0 aromatic carbocycles. The molecule has 0 saturated heterocycles. The van der Waals surface area contributed by atoms with E-state index >= 15 is 0 Å². The Morgan fingerprint density at radius 3 is 1.04 bits per heavy atom. The van der Waals surface area contributed by atoms with E-state index in [2.05, 4.69) is 83.1 Å². The van der Waals surface area contributed by atoms with Crippen molar-refractivity contribution >= 4 is 39.8 Å². The van der Waals surface area contributed by atoms with Gasteiger partial charge in [0.2, 0.25) is 0 Å². The molecular weight excluding hydrogens is 498 g/mol. The first kappa shape index (κ1) is 30.9. The van der Waals surface area contributed by atoms with Crippen LogP contribution < -0.4 is 0 Å². The second-order valence-electron chi connectivity index (χ2n) is 11.7. The van der Waals surface area contributed by atoms with Gasteiger partial charge in [-0.25, -0.2) is 0 Å². The Labute approximate surface area is 187 Å². The molecule has 0 N–H and O–H groups in total. The third-order valence-corrected chi connectivity index (χ3v) is 16.3. The molecule has 0 radical (unpaired) electrons. The van der Waals surface area contributed by atoms with Crippen LogP contribution in [-0.2, 0) is 13.5 Å². The van der Waals surface area contributed by atoms with Crippen LogP contribution in [0.2, 0.25) is 0 Å². The van der Waals surface area contributed by atoms with Gasteiger partial charge in [0.15, 0.2) is 5.90 Å². The summed E-state index contributed by atoms with van der Waals surface area (Å²) in [5.74, 6) is 1.52. The van der Waals surface area contributed by atoms with Crippen molar-refractivity contribution < 1.29 is 13.5 Å². The Bertz CT molecular complexity index is 416. The van der Waals surface area contributed by atoms with E-state index in [1.807, 2.05) is 24.5 Å². The third kappa shape index (κ3) is 15.2. The van der Waals surface area contributed by atoms with Gasteiger partial charge in [0, 0.05) is 15.8 Å². The molecule has 0 amide bonds. The summed E-state index contributed by atoms with van der Waals surface area (Å²) in [4.78, 5) is 0. The van der Waals surface area contributed by atoms with Gasteiger partial charge in [-0.1, -0.05) is 0 Å². The van der Waals surface area contributed by atoms with E-state index in [1.54, 1.807) is 0 Å². The second kappa shape index (κ2) is 11.9. The predicted octanol–water partition coefficient (Wildman–Crippen LogP) is 9.25. The van der Waals surface area contributed by atoms with E-state index in [-0.39, 0.29) is 0 Å². The van der Waals surface area contributed by atoms with Crippen LogP contribution in [0, 0.1) is 0 Å². The molecule has 0 aliphatic rings. The van der Waals surface area contributed by atoms with Crippen molar-refractivity contribution in [2.45, 2.75) is 118 Å². The monoisotopic (exact) mass is 546 g/mol. The molecule has 0 spiro atoms. The van der Waals surface area contributed by atoms with Gasteiger partial charge in [-0.05, 0) is 83.1 Å². The summed E-state index contributed by atoms with van der Waals surface area (Å²) in [6.07, 6.45) is 1.96. The summed E-state index contributed by atoms with van der Waals surface area (Å²) < 4.78 is 1.88. The molecule has 0 rings (SSSR count). The Balaban J connectivity index is 0. The van der Waals surface area contributed by atoms with E-state index < -0.39 is 29.4 Å². The fourth-order valence-corrected chi connectivity index (χ4v) is 19.4. The van der Waals surface area contributed by atoms with Gasteiger partial charge in [0.1, 0.15) is 0 Å². The molecule has 0 fully saturated rings. The van der Waals surface area contributed by atoms with E-state index in [9.17, 15) is 0 Å². The standard InChI is InChI=1S/C17H38P2.C5H8.2ClH.Ru/c1-14(2,3)18(15(4,5)6)13-19(16(7,8)9)17(10,11)12;1-4-5(2)3;;;/h13H2,1-12H3;1,4H,2-3H3;2*1H;/q;;;;+2. The summed E-state index contributed by atoms with van der Waals surface area (Å²) in [5.41, 5.74) is 1.24. The van der Waals surface area contributed by atoms with Crippen LogP contribution in [0.3, 0.4) is 0 Å². The average molecular weight is 547 g/mol. The van der Waals surface area contributed by atoms with E-state index in [4.69, 9.17) is 19.4 Å². The van der Waals surface area contributed by atoms with Crippen molar-refractivity contribution in [1.82, 2.24) is 0 Å². The topological polar surface area (TPSA) is 0 Å². The van der Waals surface area contributed by atoms with Gasteiger partial charge in [-0.3, -0.25) is 0 Å². The molecule has 166 valence electrons. The van der Waals surface area contributed by atoms with Crippen molar-refractivity contribution in [3.05, 3.63) is 11.6 Å². The van der Waals surface area contributed by atoms with Gasteiger partial charge in [-0.15, -0.1) is 0 Å². The molecular formula is C22H48Cl2P2Ru+2. The summed E-state index contributed by atoms with van der Waals surface area (Å²) in [6, 6.07) is 0. The molecule has 0 nitrogen and oxygen atoms in total.